The van der Waals surface area contributed by atoms with Crippen molar-refractivity contribution in [2.75, 3.05) is 30.9 Å². The molecule has 180 valence electrons. The van der Waals surface area contributed by atoms with E-state index in [0.717, 1.165) is 12.8 Å². The lowest BCUT2D eigenvalue weighted by Gasteiger charge is -2.11. The molecule has 0 radical (unpaired) electrons. The average Bonchev–Trinajstić information content (AvgIpc) is 2.84. The Balaban J connectivity index is 1.65. The quantitative estimate of drug-likeness (QED) is 0.392. The summed E-state index contributed by atoms with van der Waals surface area (Å²) in [7, 11) is -1.20. The fourth-order valence-corrected chi connectivity index (χ4v) is 3.80. The van der Waals surface area contributed by atoms with Gasteiger partial charge in [0, 0.05) is 17.3 Å². The first-order valence-electron chi connectivity index (χ1n) is 10.5. The highest BCUT2D eigenvalue weighted by Crippen LogP contribution is 2.22. The minimum absolute atomic E-state index is 0.0109. The van der Waals surface area contributed by atoms with Gasteiger partial charge in [0.15, 0.2) is 5.82 Å². The van der Waals surface area contributed by atoms with E-state index in [4.69, 9.17) is 14.2 Å². The number of anilines is 2. The number of amides is 1. The van der Waals surface area contributed by atoms with Crippen molar-refractivity contribution in [1.82, 2.24) is 9.97 Å². The second-order valence-corrected chi connectivity index (χ2v) is 8.78. The van der Waals surface area contributed by atoms with Crippen LogP contribution in [-0.4, -0.2) is 45.1 Å². The van der Waals surface area contributed by atoms with Crippen LogP contribution in [0, 0.1) is 0 Å². The number of carbonyl (C=O) groups excluding carboxylic acids is 1. The molecule has 0 aliphatic rings. The zero-order chi connectivity index (χ0) is 24.6. The number of ether oxygens (including phenoxy) is 3. The Morgan fingerprint density at radius 3 is 2.29 bits per heavy atom. The second-order valence-electron chi connectivity index (χ2n) is 7.09. The lowest BCUT2D eigenvalue weighted by atomic mass is 10.2. The Labute approximate surface area is 198 Å². The topological polar surface area (TPSA) is 129 Å². The van der Waals surface area contributed by atoms with Gasteiger partial charge >= 0.3 is 6.01 Å². The van der Waals surface area contributed by atoms with Gasteiger partial charge in [-0.3, -0.25) is 9.52 Å². The van der Waals surface area contributed by atoms with Crippen molar-refractivity contribution in [2.45, 2.75) is 24.7 Å². The van der Waals surface area contributed by atoms with Gasteiger partial charge < -0.3 is 19.5 Å². The largest absolute Gasteiger partial charge is 0.494 e. The smallest absolute Gasteiger partial charge is 0.321 e. The van der Waals surface area contributed by atoms with E-state index in [1.165, 1.54) is 44.6 Å². The van der Waals surface area contributed by atoms with Crippen LogP contribution in [0.3, 0.4) is 0 Å². The Kier molecular flexibility index (Phi) is 8.25. The molecule has 0 bridgehead atoms. The molecule has 2 N–H and O–H groups in total. The van der Waals surface area contributed by atoms with Crippen LogP contribution in [0.15, 0.2) is 59.5 Å². The van der Waals surface area contributed by atoms with Gasteiger partial charge in [0.05, 0.1) is 25.7 Å². The van der Waals surface area contributed by atoms with Gasteiger partial charge in [-0.1, -0.05) is 13.3 Å². The number of carbonyl (C=O) groups is 1. The van der Waals surface area contributed by atoms with Crippen molar-refractivity contribution in [3.63, 3.8) is 0 Å². The third-order valence-corrected chi connectivity index (χ3v) is 5.99. The average molecular weight is 487 g/mol. The molecule has 11 heteroatoms. The monoisotopic (exact) mass is 486 g/mol. The lowest BCUT2D eigenvalue weighted by Crippen LogP contribution is -2.15. The lowest BCUT2D eigenvalue weighted by molar-refractivity contribution is 0.102. The van der Waals surface area contributed by atoms with Crippen LogP contribution in [0.25, 0.3) is 0 Å². The predicted octanol–water partition coefficient (Wildman–Crippen LogP) is 3.73. The molecule has 1 heterocycles. The number of hydrogen-bond acceptors (Lipinski definition) is 8. The van der Waals surface area contributed by atoms with Crippen molar-refractivity contribution >= 4 is 27.4 Å². The van der Waals surface area contributed by atoms with E-state index >= 15 is 0 Å². The summed E-state index contributed by atoms with van der Waals surface area (Å²) in [5.74, 6) is 0.506. The standard InChI is InChI=1S/C23H26N4O6S/c1-4-5-14-33-18-10-6-16(7-11-18)22(28)24-17-8-12-19(13-9-17)34(29,30)27-20-15-21(31-2)26-23(25-20)32-3/h6-13,15H,4-5,14H2,1-3H3,(H,24,28)(H,25,26,27). The first-order valence-corrected chi connectivity index (χ1v) is 12.0. The maximum atomic E-state index is 12.7. The Hall–Kier alpha value is -3.86. The molecule has 1 aromatic heterocycles. The molecular formula is C23H26N4O6S. The molecule has 10 nitrogen and oxygen atoms in total. The highest BCUT2D eigenvalue weighted by atomic mass is 32.2. The number of sulfonamides is 1. The third kappa shape index (κ3) is 6.58. The van der Waals surface area contributed by atoms with Gasteiger partial charge in [0.25, 0.3) is 15.9 Å². The summed E-state index contributed by atoms with van der Waals surface area (Å²) in [5.41, 5.74) is 0.894. The zero-order valence-electron chi connectivity index (χ0n) is 19.1. The molecule has 34 heavy (non-hydrogen) atoms. The summed E-state index contributed by atoms with van der Waals surface area (Å²) in [4.78, 5) is 20.4. The van der Waals surface area contributed by atoms with Crippen molar-refractivity contribution in [1.29, 1.82) is 0 Å². The molecule has 0 unspecified atom stereocenters. The van der Waals surface area contributed by atoms with Crippen molar-refractivity contribution < 1.29 is 27.4 Å². The van der Waals surface area contributed by atoms with Gasteiger partial charge in [0.1, 0.15) is 5.75 Å². The normalized spacial score (nSPS) is 10.9. The number of aromatic nitrogens is 2. The van der Waals surface area contributed by atoms with E-state index in [1.807, 2.05) is 0 Å². The molecule has 0 aliphatic heterocycles. The van der Waals surface area contributed by atoms with Gasteiger partial charge in [-0.25, -0.2) is 8.42 Å². The maximum Gasteiger partial charge on any atom is 0.321 e. The van der Waals surface area contributed by atoms with Crippen molar-refractivity contribution in [2.24, 2.45) is 0 Å². The summed E-state index contributed by atoms with van der Waals surface area (Å²) in [6, 6.07) is 13.8. The first-order chi connectivity index (χ1) is 16.3. The zero-order valence-corrected chi connectivity index (χ0v) is 19.9. The van der Waals surface area contributed by atoms with E-state index in [-0.39, 0.29) is 28.5 Å². The SMILES string of the molecule is CCCCOc1ccc(C(=O)Nc2ccc(S(=O)(=O)Nc3cc(OC)nc(OC)n3)cc2)cc1. The minimum Gasteiger partial charge on any atom is -0.494 e. The highest BCUT2D eigenvalue weighted by molar-refractivity contribution is 7.92. The molecule has 0 atom stereocenters. The molecule has 1 amide bonds. The number of benzene rings is 2. The number of nitrogens with zero attached hydrogens (tertiary/aromatic N) is 2. The summed E-state index contributed by atoms with van der Waals surface area (Å²) in [5, 5.41) is 2.74. The first kappa shape index (κ1) is 24.8. The molecule has 0 saturated heterocycles. The minimum atomic E-state index is -3.95. The summed E-state index contributed by atoms with van der Waals surface area (Å²) in [6.45, 7) is 2.72. The van der Waals surface area contributed by atoms with E-state index in [9.17, 15) is 13.2 Å². The summed E-state index contributed by atoms with van der Waals surface area (Å²) >= 11 is 0. The third-order valence-electron chi connectivity index (χ3n) is 4.62. The fourth-order valence-electron chi connectivity index (χ4n) is 2.81. The number of unbranched alkanes of at least 4 members (excludes halogenated alkanes) is 1. The number of hydrogen-bond donors (Lipinski definition) is 2. The van der Waals surface area contributed by atoms with E-state index in [0.29, 0.717) is 23.6 Å². The van der Waals surface area contributed by atoms with Gasteiger partial charge in [0.2, 0.25) is 5.88 Å². The Morgan fingerprint density at radius 1 is 0.971 bits per heavy atom. The second kappa shape index (κ2) is 11.3. The molecule has 3 rings (SSSR count). The van der Waals surface area contributed by atoms with Crippen LogP contribution in [0.4, 0.5) is 11.5 Å². The van der Waals surface area contributed by atoms with Crippen LogP contribution in [0.1, 0.15) is 30.1 Å². The molecule has 0 spiro atoms. The number of nitrogens with one attached hydrogen (secondary N) is 2. The van der Waals surface area contributed by atoms with Gasteiger partial charge in [-0.15, -0.1) is 0 Å². The maximum absolute atomic E-state index is 12.7. The van der Waals surface area contributed by atoms with Crippen LogP contribution in [0.5, 0.6) is 17.6 Å². The molecule has 0 saturated carbocycles. The van der Waals surface area contributed by atoms with Crippen LogP contribution >= 0.6 is 0 Å². The predicted molar refractivity (Wildman–Crippen MR) is 127 cm³/mol. The van der Waals surface area contributed by atoms with Crippen LogP contribution in [-0.2, 0) is 10.0 Å². The number of methoxy groups -OCH3 is 2. The highest BCUT2D eigenvalue weighted by Gasteiger charge is 2.17. The Morgan fingerprint density at radius 2 is 1.68 bits per heavy atom. The van der Waals surface area contributed by atoms with E-state index < -0.39 is 10.0 Å². The molecule has 0 aliphatic carbocycles. The van der Waals surface area contributed by atoms with E-state index in [1.54, 1.807) is 24.3 Å². The molecular weight excluding hydrogens is 460 g/mol. The van der Waals surface area contributed by atoms with Crippen LogP contribution in [0.2, 0.25) is 0 Å². The fraction of sp³-hybridized carbons (Fsp3) is 0.261. The van der Waals surface area contributed by atoms with Gasteiger partial charge in [-0.2, -0.15) is 9.97 Å². The Bertz CT molecular complexity index is 1190. The van der Waals surface area contributed by atoms with Crippen LogP contribution < -0.4 is 24.2 Å². The summed E-state index contributed by atoms with van der Waals surface area (Å²) < 4.78 is 43.4. The summed E-state index contributed by atoms with van der Waals surface area (Å²) in [6.07, 6.45) is 2.01. The molecule has 3 aromatic rings. The van der Waals surface area contributed by atoms with Crippen molar-refractivity contribution in [3.05, 3.63) is 60.2 Å². The molecule has 0 fully saturated rings. The number of rotatable bonds is 11. The molecule has 2 aromatic carbocycles. The van der Waals surface area contributed by atoms with E-state index in [2.05, 4.69) is 26.9 Å². The van der Waals surface area contributed by atoms with Gasteiger partial charge in [-0.05, 0) is 55.0 Å². The van der Waals surface area contributed by atoms with Crippen molar-refractivity contribution in [3.8, 4) is 17.6 Å².